The normalized spacial score (nSPS) is 10.8. The lowest BCUT2D eigenvalue weighted by atomic mass is 10.2. The van der Waals surface area contributed by atoms with E-state index in [0.717, 1.165) is 24.2 Å². The zero-order chi connectivity index (χ0) is 15.1. The van der Waals surface area contributed by atoms with E-state index in [4.69, 9.17) is 18.0 Å². The minimum Gasteiger partial charge on any atom is -0.389 e. The van der Waals surface area contributed by atoms with Crippen molar-refractivity contribution in [1.82, 2.24) is 4.90 Å². The monoisotopic (exact) mass is 293 g/mol. The van der Waals surface area contributed by atoms with Crippen LogP contribution in [0.3, 0.4) is 0 Å². The predicted octanol–water partition coefficient (Wildman–Crippen LogP) is 2.38. The van der Waals surface area contributed by atoms with Crippen molar-refractivity contribution in [1.29, 1.82) is 0 Å². The summed E-state index contributed by atoms with van der Waals surface area (Å²) in [7, 11) is 2.07. The van der Waals surface area contributed by atoms with E-state index >= 15 is 0 Å². The molecule has 0 aliphatic rings. The number of anilines is 1. The highest BCUT2D eigenvalue weighted by atomic mass is 32.1. The van der Waals surface area contributed by atoms with Crippen LogP contribution in [-0.4, -0.2) is 35.4 Å². The molecule has 0 bridgehead atoms. The first-order valence-electron chi connectivity index (χ1n) is 6.80. The molecular weight excluding hydrogens is 270 g/mol. The van der Waals surface area contributed by atoms with Gasteiger partial charge in [-0.25, -0.2) is 0 Å². The van der Waals surface area contributed by atoms with Crippen molar-refractivity contribution in [3.63, 3.8) is 0 Å². The number of benzene rings is 1. The van der Waals surface area contributed by atoms with Crippen LogP contribution in [0.5, 0.6) is 0 Å². The van der Waals surface area contributed by atoms with Crippen molar-refractivity contribution < 1.29 is 4.79 Å². The van der Waals surface area contributed by atoms with Crippen LogP contribution in [0, 0.1) is 0 Å². The van der Waals surface area contributed by atoms with Crippen LogP contribution in [-0.2, 0) is 4.79 Å². The number of rotatable bonds is 7. The zero-order valence-corrected chi connectivity index (χ0v) is 13.2. The highest BCUT2D eigenvalue weighted by molar-refractivity contribution is 7.80. The highest BCUT2D eigenvalue weighted by Crippen LogP contribution is 2.10. The molecule has 0 fully saturated rings. The number of carbonyl (C=O) groups is 1. The fourth-order valence-corrected chi connectivity index (χ4v) is 1.82. The topological polar surface area (TPSA) is 58.4 Å². The summed E-state index contributed by atoms with van der Waals surface area (Å²) >= 11 is 4.88. The quantitative estimate of drug-likeness (QED) is 0.758. The van der Waals surface area contributed by atoms with Gasteiger partial charge >= 0.3 is 0 Å². The Morgan fingerprint density at radius 1 is 1.35 bits per heavy atom. The molecule has 0 saturated carbocycles. The number of nitrogens with two attached hydrogens (primary N) is 1. The molecule has 20 heavy (non-hydrogen) atoms. The molecule has 4 nitrogen and oxygen atoms in total. The van der Waals surface area contributed by atoms with Crippen LogP contribution in [0.25, 0.3) is 0 Å². The van der Waals surface area contributed by atoms with Gasteiger partial charge in [0.2, 0.25) is 5.91 Å². The maximum Gasteiger partial charge on any atom is 0.224 e. The molecule has 110 valence electrons. The van der Waals surface area contributed by atoms with Crippen molar-refractivity contribution >= 4 is 28.8 Å². The van der Waals surface area contributed by atoms with Crippen molar-refractivity contribution in [2.24, 2.45) is 5.73 Å². The molecule has 3 N–H and O–H groups in total. The standard InChI is InChI=1S/C15H23N3OS/c1-11(2)18(3)10-4-5-14(19)17-13-8-6-12(7-9-13)15(16)20/h6-9,11H,4-5,10H2,1-3H3,(H2,16,20)(H,17,19). The molecule has 1 aromatic rings. The Labute approximate surface area is 126 Å². The highest BCUT2D eigenvalue weighted by Gasteiger charge is 2.06. The molecule has 0 heterocycles. The molecule has 1 aromatic carbocycles. The van der Waals surface area contributed by atoms with E-state index in [1.54, 1.807) is 0 Å². The van der Waals surface area contributed by atoms with Crippen molar-refractivity contribution in [3.8, 4) is 0 Å². The fourth-order valence-electron chi connectivity index (χ4n) is 1.69. The van der Waals surface area contributed by atoms with E-state index in [2.05, 4.69) is 31.1 Å². The van der Waals surface area contributed by atoms with Gasteiger partial charge in [-0.15, -0.1) is 0 Å². The first-order valence-corrected chi connectivity index (χ1v) is 7.21. The van der Waals surface area contributed by atoms with Gasteiger partial charge in [0.25, 0.3) is 0 Å². The van der Waals surface area contributed by atoms with Gasteiger partial charge in [-0.1, -0.05) is 12.2 Å². The smallest absolute Gasteiger partial charge is 0.224 e. The summed E-state index contributed by atoms with van der Waals surface area (Å²) in [6, 6.07) is 7.75. The largest absolute Gasteiger partial charge is 0.389 e. The summed E-state index contributed by atoms with van der Waals surface area (Å²) in [4.78, 5) is 14.4. The van der Waals surface area contributed by atoms with E-state index in [9.17, 15) is 4.79 Å². The van der Waals surface area contributed by atoms with Gasteiger partial charge < -0.3 is 16.0 Å². The molecule has 5 heteroatoms. The van der Waals surface area contributed by atoms with Gasteiger partial charge in [0.1, 0.15) is 4.99 Å². The Morgan fingerprint density at radius 2 is 1.95 bits per heavy atom. The van der Waals surface area contributed by atoms with E-state index in [0.29, 0.717) is 17.5 Å². The van der Waals surface area contributed by atoms with E-state index < -0.39 is 0 Å². The summed E-state index contributed by atoms with van der Waals surface area (Å²) in [5, 5.41) is 2.87. The second-order valence-corrected chi connectivity index (χ2v) is 5.61. The van der Waals surface area contributed by atoms with Crippen LogP contribution in [0.4, 0.5) is 5.69 Å². The third-order valence-corrected chi connectivity index (χ3v) is 3.49. The average Bonchev–Trinajstić information content (AvgIpc) is 2.39. The van der Waals surface area contributed by atoms with Crippen LogP contribution in [0.1, 0.15) is 32.3 Å². The summed E-state index contributed by atoms with van der Waals surface area (Å²) < 4.78 is 0. The number of hydrogen-bond donors (Lipinski definition) is 2. The minimum absolute atomic E-state index is 0.0326. The van der Waals surface area contributed by atoms with Crippen molar-refractivity contribution in [2.45, 2.75) is 32.7 Å². The molecule has 1 rings (SSSR count). The molecule has 0 atom stereocenters. The number of thiocarbonyl (C=S) groups is 1. The maximum atomic E-state index is 11.8. The SMILES string of the molecule is CC(C)N(C)CCCC(=O)Nc1ccc(C(N)=S)cc1. The molecule has 0 saturated heterocycles. The summed E-state index contributed by atoms with van der Waals surface area (Å²) in [6.07, 6.45) is 1.37. The lowest BCUT2D eigenvalue weighted by molar-refractivity contribution is -0.116. The summed E-state index contributed by atoms with van der Waals surface area (Å²) in [5.74, 6) is 0.0326. The summed E-state index contributed by atoms with van der Waals surface area (Å²) in [5.41, 5.74) is 7.10. The van der Waals surface area contributed by atoms with Crippen LogP contribution < -0.4 is 11.1 Å². The van der Waals surface area contributed by atoms with Gasteiger partial charge in [-0.3, -0.25) is 4.79 Å². The van der Waals surface area contributed by atoms with Gasteiger partial charge in [0.15, 0.2) is 0 Å². The molecular formula is C15H23N3OS. The van der Waals surface area contributed by atoms with E-state index in [1.165, 1.54) is 0 Å². The zero-order valence-electron chi connectivity index (χ0n) is 12.3. The number of carbonyl (C=O) groups excluding carboxylic acids is 1. The first-order chi connectivity index (χ1) is 9.40. The third-order valence-electron chi connectivity index (χ3n) is 3.25. The second-order valence-electron chi connectivity index (χ2n) is 5.17. The number of amides is 1. The molecule has 0 aromatic heterocycles. The molecule has 0 aliphatic carbocycles. The Hall–Kier alpha value is -1.46. The average molecular weight is 293 g/mol. The molecule has 1 amide bonds. The molecule has 0 radical (unpaired) electrons. The Balaban J connectivity index is 2.37. The van der Waals surface area contributed by atoms with Gasteiger partial charge in [0.05, 0.1) is 0 Å². The van der Waals surface area contributed by atoms with Crippen LogP contribution >= 0.6 is 12.2 Å². The number of nitrogens with one attached hydrogen (secondary N) is 1. The van der Waals surface area contributed by atoms with Gasteiger partial charge in [-0.05, 0) is 58.1 Å². The number of nitrogens with zero attached hydrogens (tertiary/aromatic N) is 1. The van der Waals surface area contributed by atoms with E-state index in [1.807, 2.05) is 24.3 Å². The lowest BCUT2D eigenvalue weighted by Crippen LogP contribution is -2.28. The van der Waals surface area contributed by atoms with Crippen molar-refractivity contribution in [2.75, 3.05) is 18.9 Å². The molecule has 0 spiro atoms. The number of hydrogen-bond acceptors (Lipinski definition) is 3. The van der Waals surface area contributed by atoms with Gasteiger partial charge in [-0.2, -0.15) is 0 Å². The van der Waals surface area contributed by atoms with Crippen molar-refractivity contribution in [3.05, 3.63) is 29.8 Å². The molecule has 0 unspecified atom stereocenters. The molecule has 0 aliphatic heterocycles. The Kier molecular flexibility index (Phi) is 6.61. The minimum atomic E-state index is 0.0326. The van der Waals surface area contributed by atoms with Crippen LogP contribution in [0.15, 0.2) is 24.3 Å². The summed E-state index contributed by atoms with van der Waals surface area (Å²) in [6.45, 7) is 5.21. The maximum absolute atomic E-state index is 11.8. The van der Waals surface area contributed by atoms with E-state index in [-0.39, 0.29) is 5.91 Å². The first kappa shape index (κ1) is 16.6. The van der Waals surface area contributed by atoms with Gasteiger partial charge in [0, 0.05) is 23.7 Å². The second kappa shape index (κ2) is 7.97. The Bertz CT molecular complexity index is 457. The Morgan fingerprint density at radius 3 is 2.45 bits per heavy atom. The predicted molar refractivity (Wildman–Crippen MR) is 88.0 cm³/mol. The lowest BCUT2D eigenvalue weighted by Gasteiger charge is -2.20. The third kappa shape index (κ3) is 5.67. The fraction of sp³-hybridized carbons (Fsp3) is 0.467. The van der Waals surface area contributed by atoms with Crippen LogP contribution in [0.2, 0.25) is 0 Å².